The van der Waals surface area contributed by atoms with Crippen molar-refractivity contribution in [3.8, 4) is 0 Å². The summed E-state index contributed by atoms with van der Waals surface area (Å²) in [6.45, 7) is 6.92. The monoisotopic (exact) mass is 461 g/mol. The zero-order valence-electron chi connectivity index (χ0n) is 18.3. The molecule has 9 heteroatoms. The molecule has 2 aromatic carbocycles. The highest BCUT2D eigenvalue weighted by molar-refractivity contribution is 7.89. The first-order valence-electron chi connectivity index (χ1n) is 10.4. The molecule has 1 aliphatic rings. The molecule has 3 rings (SSSR count). The summed E-state index contributed by atoms with van der Waals surface area (Å²) in [4.78, 5) is 5.10. The van der Waals surface area contributed by atoms with E-state index < -0.39 is 10.0 Å². The number of rotatable bonds is 7. The van der Waals surface area contributed by atoms with Gasteiger partial charge in [0.2, 0.25) is 10.0 Å². The van der Waals surface area contributed by atoms with Crippen LogP contribution >= 0.6 is 12.2 Å². The van der Waals surface area contributed by atoms with Crippen LogP contribution in [0.1, 0.15) is 6.92 Å². The maximum Gasteiger partial charge on any atom is 0.242 e. The van der Waals surface area contributed by atoms with E-state index >= 15 is 0 Å². The molecule has 0 saturated carbocycles. The van der Waals surface area contributed by atoms with Gasteiger partial charge in [0.15, 0.2) is 5.11 Å². The Bertz CT molecular complexity index is 974. The second-order valence-corrected chi connectivity index (χ2v) is 10.4. The van der Waals surface area contributed by atoms with Crippen LogP contribution in [0.25, 0.3) is 0 Å². The SMILES string of the molecule is CC(CNC(=S)Nc1cccc(S(=O)(=O)N(C)C)c1)N1CCN(c2ccccc2)CC1. The maximum absolute atomic E-state index is 12.3. The minimum atomic E-state index is -3.48. The highest BCUT2D eigenvalue weighted by atomic mass is 32.2. The third-order valence-electron chi connectivity index (χ3n) is 5.49. The van der Waals surface area contributed by atoms with Crippen LogP contribution in [-0.4, -0.2) is 75.6 Å². The normalized spacial score (nSPS) is 16.2. The fourth-order valence-corrected chi connectivity index (χ4v) is 4.70. The van der Waals surface area contributed by atoms with Crippen LogP contribution in [-0.2, 0) is 10.0 Å². The first-order chi connectivity index (χ1) is 14.8. The average molecular weight is 462 g/mol. The van der Waals surface area contributed by atoms with Gasteiger partial charge in [-0.1, -0.05) is 24.3 Å². The zero-order valence-corrected chi connectivity index (χ0v) is 19.9. The van der Waals surface area contributed by atoms with E-state index in [2.05, 4.69) is 51.6 Å². The molecule has 7 nitrogen and oxygen atoms in total. The molecule has 2 aromatic rings. The lowest BCUT2D eigenvalue weighted by atomic mass is 10.2. The molecule has 2 N–H and O–H groups in total. The molecule has 1 saturated heterocycles. The van der Waals surface area contributed by atoms with Crippen molar-refractivity contribution >= 4 is 38.7 Å². The molecule has 0 radical (unpaired) electrons. The summed E-state index contributed by atoms with van der Waals surface area (Å²) >= 11 is 5.42. The second-order valence-electron chi connectivity index (χ2n) is 7.86. The fourth-order valence-electron chi connectivity index (χ4n) is 3.55. The van der Waals surface area contributed by atoms with Crippen LogP contribution in [0.4, 0.5) is 11.4 Å². The lowest BCUT2D eigenvalue weighted by molar-refractivity contribution is 0.198. The van der Waals surface area contributed by atoms with Crippen molar-refractivity contribution in [2.75, 3.05) is 57.0 Å². The van der Waals surface area contributed by atoms with E-state index in [0.717, 1.165) is 26.2 Å². The molecule has 0 amide bonds. The minimum absolute atomic E-state index is 0.231. The number of para-hydroxylation sites is 1. The Kier molecular flexibility index (Phi) is 7.88. The molecule has 0 spiro atoms. The fraction of sp³-hybridized carbons (Fsp3) is 0.409. The molecule has 0 aliphatic carbocycles. The number of nitrogens with one attached hydrogen (secondary N) is 2. The summed E-state index contributed by atoms with van der Waals surface area (Å²) in [6.07, 6.45) is 0. The predicted molar refractivity (Wildman–Crippen MR) is 131 cm³/mol. The first-order valence-corrected chi connectivity index (χ1v) is 12.2. The number of benzene rings is 2. The van der Waals surface area contributed by atoms with E-state index in [9.17, 15) is 8.42 Å². The van der Waals surface area contributed by atoms with Gasteiger partial charge in [-0.15, -0.1) is 0 Å². The number of piperazine rings is 1. The largest absolute Gasteiger partial charge is 0.369 e. The molecule has 0 aromatic heterocycles. The van der Waals surface area contributed by atoms with Crippen molar-refractivity contribution in [1.82, 2.24) is 14.5 Å². The van der Waals surface area contributed by atoms with Gasteiger partial charge in [-0.2, -0.15) is 0 Å². The summed E-state index contributed by atoms with van der Waals surface area (Å²) < 4.78 is 25.8. The Morgan fingerprint density at radius 1 is 1.06 bits per heavy atom. The Morgan fingerprint density at radius 3 is 2.39 bits per heavy atom. The van der Waals surface area contributed by atoms with Gasteiger partial charge in [0.05, 0.1) is 4.90 Å². The third-order valence-corrected chi connectivity index (χ3v) is 7.54. The Morgan fingerprint density at radius 2 is 1.74 bits per heavy atom. The van der Waals surface area contributed by atoms with Gasteiger partial charge in [0, 0.05) is 64.2 Å². The molecule has 0 bridgehead atoms. The second kappa shape index (κ2) is 10.4. The van der Waals surface area contributed by atoms with Gasteiger partial charge in [-0.25, -0.2) is 12.7 Å². The third kappa shape index (κ3) is 6.16. The van der Waals surface area contributed by atoms with Crippen LogP contribution < -0.4 is 15.5 Å². The van der Waals surface area contributed by atoms with Crippen LogP contribution in [0.2, 0.25) is 0 Å². The molecular formula is C22H31N5O2S2. The van der Waals surface area contributed by atoms with Crippen LogP contribution in [0, 0.1) is 0 Å². The van der Waals surface area contributed by atoms with Crippen LogP contribution in [0.15, 0.2) is 59.5 Å². The van der Waals surface area contributed by atoms with Crippen LogP contribution in [0.3, 0.4) is 0 Å². The summed E-state index contributed by atoms with van der Waals surface area (Å²) in [5.41, 5.74) is 1.92. The van der Waals surface area contributed by atoms with Gasteiger partial charge < -0.3 is 15.5 Å². The number of hydrogen-bond acceptors (Lipinski definition) is 5. The van der Waals surface area contributed by atoms with E-state index in [1.807, 2.05) is 6.07 Å². The van der Waals surface area contributed by atoms with E-state index in [-0.39, 0.29) is 4.90 Å². The summed E-state index contributed by atoms with van der Waals surface area (Å²) in [5, 5.41) is 6.83. The highest BCUT2D eigenvalue weighted by Gasteiger charge is 2.21. The molecule has 168 valence electrons. The van der Waals surface area contributed by atoms with Gasteiger partial charge in [-0.05, 0) is 49.5 Å². The molecular weight excluding hydrogens is 430 g/mol. The highest BCUT2D eigenvalue weighted by Crippen LogP contribution is 2.18. The molecule has 1 unspecified atom stereocenters. The summed E-state index contributed by atoms with van der Waals surface area (Å²) in [5.74, 6) is 0. The maximum atomic E-state index is 12.3. The first kappa shape index (κ1) is 23.5. The average Bonchev–Trinajstić information content (AvgIpc) is 2.78. The Hall–Kier alpha value is -2.20. The number of thiocarbonyl (C=S) groups is 1. The van der Waals surface area contributed by atoms with Gasteiger partial charge in [0.1, 0.15) is 0 Å². The van der Waals surface area contributed by atoms with Crippen molar-refractivity contribution in [1.29, 1.82) is 0 Å². The molecule has 31 heavy (non-hydrogen) atoms. The predicted octanol–water partition coefficient (Wildman–Crippen LogP) is 2.43. The zero-order chi connectivity index (χ0) is 22.4. The summed E-state index contributed by atoms with van der Waals surface area (Å²) in [7, 11) is -0.448. The topological polar surface area (TPSA) is 67.9 Å². The van der Waals surface area contributed by atoms with Crippen molar-refractivity contribution < 1.29 is 8.42 Å². The van der Waals surface area contributed by atoms with Crippen molar-refractivity contribution in [3.05, 3.63) is 54.6 Å². The van der Waals surface area contributed by atoms with Crippen LogP contribution in [0.5, 0.6) is 0 Å². The smallest absolute Gasteiger partial charge is 0.242 e. The molecule has 1 fully saturated rings. The van der Waals surface area contributed by atoms with Crippen molar-refractivity contribution in [2.45, 2.75) is 17.9 Å². The number of hydrogen-bond donors (Lipinski definition) is 2. The lowest BCUT2D eigenvalue weighted by Crippen LogP contribution is -2.52. The van der Waals surface area contributed by atoms with E-state index in [1.54, 1.807) is 24.3 Å². The number of nitrogens with zero attached hydrogens (tertiary/aromatic N) is 3. The lowest BCUT2D eigenvalue weighted by Gasteiger charge is -2.39. The van der Waals surface area contributed by atoms with E-state index in [0.29, 0.717) is 23.4 Å². The Balaban J connectivity index is 1.47. The minimum Gasteiger partial charge on any atom is -0.369 e. The van der Waals surface area contributed by atoms with E-state index in [1.165, 1.54) is 24.1 Å². The van der Waals surface area contributed by atoms with Gasteiger partial charge >= 0.3 is 0 Å². The molecule has 1 aliphatic heterocycles. The van der Waals surface area contributed by atoms with Gasteiger partial charge in [-0.3, -0.25) is 4.90 Å². The van der Waals surface area contributed by atoms with Crippen molar-refractivity contribution in [2.24, 2.45) is 0 Å². The standard InChI is InChI=1S/C22H31N5O2S2/c1-18(26-12-14-27(15-13-26)20-9-5-4-6-10-20)17-23-22(30)24-19-8-7-11-21(16-19)31(28,29)25(2)3/h4-11,16,18H,12-15,17H2,1-3H3,(H2,23,24,30). The van der Waals surface area contributed by atoms with Gasteiger partial charge in [0.25, 0.3) is 0 Å². The molecule has 1 heterocycles. The molecule has 1 atom stereocenters. The number of anilines is 2. The van der Waals surface area contributed by atoms with Crippen molar-refractivity contribution in [3.63, 3.8) is 0 Å². The summed E-state index contributed by atoms with van der Waals surface area (Å²) in [6, 6.07) is 17.5. The Labute approximate surface area is 191 Å². The quantitative estimate of drug-likeness (QED) is 0.614. The number of sulfonamides is 1. The van der Waals surface area contributed by atoms with E-state index in [4.69, 9.17) is 12.2 Å².